The van der Waals surface area contributed by atoms with Crippen LogP contribution < -0.4 is 5.56 Å². The van der Waals surface area contributed by atoms with Crippen molar-refractivity contribution >= 4 is 16.9 Å². The summed E-state index contributed by atoms with van der Waals surface area (Å²) in [6.07, 6.45) is 0.854. The van der Waals surface area contributed by atoms with Crippen molar-refractivity contribution in [3.05, 3.63) is 62.4 Å². The molecule has 0 spiro atoms. The lowest BCUT2D eigenvalue weighted by Crippen LogP contribution is -2.44. The molecule has 2 aliphatic heterocycles. The number of carbonyl (C=O) groups is 1. The maximum Gasteiger partial charge on any atom is 0.343 e. The van der Waals surface area contributed by atoms with Gasteiger partial charge in [0, 0.05) is 22.1 Å². The Labute approximate surface area is 184 Å². The van der Waals surface area contributed by atoms with E-state index < -0.39 is 11.6 Å². The third-order valence-electron chi connectivity index (χ3n) is 6.38. The van der Waals surface area contributed by atoms with Crippen molar-refractivity contribution in [1.82, 2.24) is 9.55 Å². The van der Waals surface area contributed by atoms with Gasteiger partial charge in [0.15, 0.2) is 5.60 Å². The fourth-order valence-electron chi connectivity index (χ4n) is 4.65. The van der Waals surface area contributed by atoms with Crippen LogP contribution in [0.4, 0.5) is 0 Å². The topological polar surface area (TPSA) is 102 Å². The molecular formula is C25H22N2O5. The highest BCUT2D eigenvalue weighted by atomic mass is 16.6. The van der Waals surface area contributed by atoms with Gasteiger partial charge in [-0.1, -0.05) is 25.7 Å². The first-order valence-electron chi connectivity index (χ1n) is 10.6. The van der Waals surface area contributed by atoms with Crippen molar-refractivity contribution in [3.63, 3.8) is 0 Å². The van der Waals surface area contributed by atoms with Crippen LogP contribution in [0.5, 0.6) is 0 Å². The predicted molar refractivity (Wildman–Crippen MR) is 118 cm³/mol. The first kappa shape index (κ1) is 20.4. The third kappa shape index (κ3) is 2.80. The van der Waals surface area contributed by atoms with E-state index >= 15 is 0 Å². The monoisotopic (exact) mass is 430 g/mol. The molecule has 1 aromatic carbocycles. The Morgan fingerprint density at radius 2 is 2.03 bits per heavy atom. The van der Waals surface area contributed by atoms with E-state index in [0.717, 1.165) is 34.0 Å². The van der Waals surface area contributed by atoms with Gasteiger partial charge in [0.2, 0.25) is 0 Å². The van der Waals surface area contributed by atoms with Gasteiger partial charge in [-0.3, -0.25) is 4.79 Å². The van der Waals surface area contributed by atoms with Crippen LogP contribution in [0.25, 0.3) is 22.3 Å². The summed E-state index contributed by atoms with van der Waals surface area (Å²) in [6, 6.07) is 7.63. The molecule has 2 aliphatic rings. The predicted octanol–water partition coefficient (Wildman–Crippen LogP) is 1.99. The summed E-state index contributed by atoms with van der Waals surface area (Å²) < 4.78 is 6.75. The van der Waals surface area contributed by atoms with Crippen molar-refractivity contribution < 1.29 is 19.7 Å². The second kappa shape index (κ2) is 7.30. The van der Waals surface area contributed by atoms with E-state index in [0.29, 0.717) is 29.1 Å². The molecule has 0 amide bonds. The third-order valence-corrected chi connectivity index (χ3v) is 6.38. The molecule has 0 fully saturated rings. The summed E-state index contributed by atoms with van der Waals surface area (Å²) in [4.78, 5) is 30.5. The fraction of sp³-hybridized carbons (Fsp3) is 0.320. The molecule has 0 saturated heterocycles. The minimum absolute atomic E-state index is 0.108. The van der Waals surface area contributed by atoms with E-state index in [9.17, 15) is 14.7 Å². The van der Waals surface area contributed by atoms with Crippen molar-refractivity contribution in [3.8, 4) is 23.2 Å². The summed E-state index contributed by atoms with van der Waals surface area (Å²) in [6.45, 7) is 3.72. The van der Waals surface area contributed by atoms with E-state index in [1.165, 1.54) is 0 Å². The molecule has 2 N–H and O–H groups in total. The summed E-state index contributed by atoms with van der Waals surface area (Å²) in [5.41, 5.74) is 3.32. The first-order valence-corrected chi connectivity index (χ1v) is 10.6. The Hall–Kier alpha value is -3.47. The van der Waals surface area contributed by atoms with E-state index in [1.807, 2.05) is 25.1 Å². The summed E-state index contributed by atoms with van der Waals surface area (Å²) in [5.74, 6) is 4.90. The Bertz CT molecular complexity index is 1430. The largest absolute Gasteiger partial charge is 0.458 e. The van der Waals surface area contributed by atoms with Crippen LogP contribution in [-0.2, 0) is 34.7 Å². The molecule has 162 valence electrons. The molecule has 3 aromatic rings. The lowest BCUT2D eigenvalue weighted by atomic mass is 9.86. The van der Waals surface area contributed by atoms with Crippen LogP contribution in [0.3, 0.4) is 0 Å². The van der Waals surface area contributed by atoms with Crippen LogP contribution in [0, 0.1) is 11.8 Å². The smallest absolute Gasteiger partial charge is 0.343 e. The van der Waals surface area contributed by atoms with E-state index in [4.69, 9.17) is 14.8 Å². The number of esters is 1. The van der Waals surface area contributed by atoms with Gasteiger partial charge in [-0.05, 0) is 42.7 Å². The van der Waals surface area contributed by atoms with Gasteiger partial charge >= 0.3 is 5.97 Å². The number of aliphatic hydroxyl groups excluding tert-OH is 1. The minimum Gasteiger partial charge on any atom is -0.458 e. The number of hydrogen-bond donors (Lipinski definition) is 2. The molecule has 1 atom stereocenters. The van der Waals surface area contributed by atoms with Gasteiger partial charge in [-0.2, -0.15) is 0 Å². The zero-order valence-corrected chi connectivity index (χ0v) is 17.9. The molecule has 0 bridgehead atoms. The SMILES string of the molecule is CCc1cc(C#CCO)cc2cc3c(nc12)-c1cc2c(c(=O)n1C3)COC(=O)[C@]2(O)CC. The zero-order valence-electron chi connectivity index (χ0n) is 17.9. The van der Waals surface area contributed by atoms with Crippen LogP contribution in [0.1, 0.15) is 48.1 Å². The van der Waals surface area contributed by atoms with Gasteiger partial charge in [0.25, 0.3) is 5.56 Å². The Morgan fingerprint density at radius 3 is 2.75 bits per heavy atom. The van der Waals surface area contributed by atoms with Gasteiger partial charge in [-0.15, -0.1) is 0 Å². The zero-order chi connectivity index (χ0) is 22.6. The summed E-state index contributed by atoms with van der Waals surface area (Å²) in [7, 11) is 0. The van der Waals surface area contributed by atoms with Crippen LogP contribution in [-0.4, -0.2) is 32.3 Å². The standard InChI is InChI=1S/C25H22N2O5/c1-3-15-8-14(6-5-7-28)9-16-10-17-12-27-20(22(17)26-21(15)16)11-19-18(23(27)29)13-32-24(30)25(19,31)4-2/h8-11,28,31H,3-4,7,12-13H2,1-2H3/t25-/m0/s1. The van der Waals surface area contributed by atoms with Gasteiger partial charge < -0.3 is 19.5 Å². The lowest BCUT2D eigenvalue weighted by molar-refractivity contribution is -0.172. The average Bonchev–Trinajstić information content (AvgIpc) is 3.16. The number of hydrogen-bond acceptors (Lipinski definition) is 6. The van der Waals surface area contributed by atoms with Gasteiger partial charge in [-0.25, -0.2) is 9.78 Å². The van der Waals surface area contributed by atoms with Crippen LogP contribution in [0.15, 0.2) is 29.1 Å². The summed E-state index contributed by atoms with van der Waals surface area (Å²) >= 11 is 0. The minimum atomic E-state index is -1.84. The number of ether oxygens (including phenoxy) is 1. The number of fused-ring (bicyclic) bond motifs is 5. The van der Waals surface area contributed by atoms with Gasteiger partial charge in [0.1, 0.15) is 13.2 Å². The Kier molecular flexibility index (Phi) is 4.66. The molecule has 7 nitrogen and oxygen atoms in total. The molecule has 0 unspecified atom stereocenters. The second-order valence-electron chi connectivity index (χ2n) is 8.12. The van der Waals surface area contributed by atoms with Crippen molar-refractivity contribution in [2.45, 2.75) is 45.4 Å². The number of nitrogens with zero attached hydrogens (tertiary/aromatic N) is 2. The number of rotatable bonds is 2. The molecule has 32 heavy (non-hydrogen) atoms. The van der Waals surface area contributed by atoms with E-state index in [2.05, 4.69) is 11.8 Å². The quantitative estimate of drug-likeness (QED) is 0.373. The molecule has 5 rings (SSSR count). The normalized spacial score (nSPS) is 18.4. The Morgan fingerprint density at radius 1 is 1.22 bits per heavy atom. The molecular weight excluding hydrogens is 408 g/mol. The highest BCUT2D eigenvalue weighted by molar-refractivity contribution is 5.88. The highest BCUT2D eigenvalue weighted by Gasteiger charge is 2.45. The number of cyclic esters (lactones) is 1. The molecule has 0 radical (unpaired) electrons. The number of aliphatic hydroxyl groups is 2. The van der Waals surface area contributed by atoms with Crippen molar-refractivity contribution in [2.75, 3.05) is 6.61 Å². The molecule has 2 aromatic heterocycles. The summed E-state index contributed by atoms with van der Waals surface area (Å²) in [5, 5.41) is 20.9. The number of carbonyl (C=O) groups excluding carboxylic acids is 1. The lowest BCUT2D eigenvalue weighted by Gasteiger charge is -2.31. The van der Waals surface area contributed by atoms with Crippen LogP contribution in [0.2, 0.25) is 0 Å². The average molecular weight is 430 g/mol. The van der Waals surface area contributed by atoms with E-state index in [-0.39, 0.29) is 25.2 Å². The molecule has 0 aliphatic carbocycles. The number of aromatic nitrogens is 2. The first-order chi connectivity index (χ1) is 15.4. The van der Waals surface area contributed by atoms with Crippen molar-refractivity contribution in [2.24, 2.45) is 0 Å². The molecule has 0 saturated carbocycles. The van der Waals surface area contributed by atoms with Crippen molar-refractivity contribution in [1.29, 1.82) is 0 Å². The Balaban J connectivity index is 1.75. The fourth-order valence-corrected chi connectivity index (χ4v) is 4.65. The maximum atomic E-state index is 13.3. The van der Waals surface area contributed by atoms with Crippen LogP contribution >= 0.6 is 0 Å². The maximum absolute atomic E-state index is 13.3. The number of pyridine rings is 2. The highest BCUT2D eigenvalue weighted by Crippen LogP contribution is 2.39. The molecule has 4 heterocycles. The van der Waals surface area contributed by atoms with E-state index in [1.54, 1.807) is 17.6 Å². The molecule has 7 heteroatoms. The number of benzene rings is 1. The second-order valence-corrected chi connectivity index (χ2v) is 8.12. The number of aryl methyl sites for hydroxylation is 1. The van der Waals surface area contributed by atoms with Gasteiger partial charge in [0.05, 0.1) is 29.0 Å².